The normalized spacial score (nSPS) is 36.7. The molecule has 0 heterocycles. The Hall–Kier alpha value is -2.09. The van der Waals surface area contributed by atoms with Crippen LogP contribution in [0.1, 0.15) is 96.8 Å². The number of benzene rings is 1. The average molecular weight is 501 g/mol. The summed E-state index contributed by atoms with van der Waals surface area (Å²) in [6.07, 6.45) is 18.3. The number of hydrogen-bond acceptors (Lipinski definition) is 2. The van der Waals surface area contributed by atoms with E-state index in [1.165, 1.54) is 31.3 Å². The molecule has 0 amide bonds. The van der Waals surface area contributed by atoms with Gasteiger partial charge < -0.3 is 4.74 Å². The van der Waals surface area contributed by atoms with Crippen molar-refractivity contribution in [3.63, 3.8) is 0 Å². The Balaban J connectivity index is 1.31. The zero-order valence-electron chi connectivity index (χ0n) is 24.0. The van der Waals surface area contributed by atoms with Crippen LogP contribution in [0.5, 0.6) is 0 Å². The third-order valence-corrected chi connectivity index (χ3v) is 11.3. The van der Waals surface area contributed by atoms with Crippen LogP contribution in [0, 0.1) is 46.3 Å². The van der Waals surface area contributed by atoms with Crippen LogP contribution in [0.3, 0.4) is 0 Å². The van der Waals surface area contributed by atoms with E-state index in [1.54, 1.807) is 5.57 Å². The molecule has 0 unspecified atom stereocenters. The lowest BCUT2D eigenvalue weighted by Gasteiger charge is -2.55. The zero-order chi connectivity index (χ0) is 26.4. The molecule has 4 aliphatic carbocycles. The van der Waals surface area contributed by atoms with E-state index in [-0.39, 0.29) is 17.5 Å². The van der Waals surface area contributed by atoms with Gasteiger partial charge in [-0.1, -0.05) is 95.2 Å². The summed E-state index contributed by atoms with van der Waals surface area (Å²) in [6.45, 7) is 14.6. The number of carbonyl (C=O) groups is 1. The van der Waals surface area contributed by atoms with Crippen LogP contribution in [0.15, 0.2) is 65.8 Å². The predicted molar refractivity (Wildman–Crippen MR) is 153 cm³/mol. The molecule has 0 saturated heterocycles. The molecule has 200 valence electrons. The highest BCUT2D eigenvalue weighted by atomic mass is 16.5. The lowest BCUT2D eigenvalue weighted by Crippen LogP contribution is -2.46. The van der Waals surface area contributed by atoms with Crippen molar-refractivity contribution in [2.24, 2.45) is 46.3 Å². The van der Waals surface area contributed by atoms with Gasteiger partial charge >= 0.3 is 5.97 Å². The molecule has 0 aliphatic heterocycles. The summed E-state index contributed by atoms with van der Waals surface area (Å²) in [5.74, 6) is 3.97. The molecular formula is C35H48O2. The average Bonchev–Trinajstić information content (AvgIpc) is 3.25. The quantitative estimate of drug-likeness (QED) is 0.287. The maximum absolute atomic E-state index is 12.7. The molecule has 37 heavy (non-hydrogen) atoms. The second-order valence-corrected chi connectivity index (χ2v) is 13.6. The van der Waals surface area contributed by atoms with E-state index < -0.39 is 0 Å². The largest absolute Gasteiger partial charge is 0.458 e. The Morgan fingerprint density at radius 1 is 0.919 bits per heavy atom. The highest BCUT2D eigenvalue weighted by Crippen LogP contribution is 2.66. The Morgan fingerprint density at radius 3 is 2.41 bits per heavy atom. The molecule has 1 aromatic rings. The minimum atomic E-state index is -0.182. The van der Waals surface area contributed by atoms with Crippen molar-refractivity contribution in [2.45, 2.75) is 92.6 Å². The number of hydrogen-bond donors (Lipinski definition) is 0. The Kier molecular flexibility index (Phi) is 7.33. The van der Waals surface area contributed by atoms with Crippen molar-refractivity contribution in [2.75, 3.05) is 0 Å². The fraction of sp³-hybridized carbons (Fsp3) is 0.629. The zero-order valence-corrected chi connectivity index (χ0v) is 24.0. The summed E-state index contributed by atoms with van der Waals surface area (Å²) in [4.78, 5) is 12.7. The molecule has 0 bridgehead atoms. The van der Waals surface area contributed by atoms with Gasteiger partial charge in [-0.05, 0) is 97.0 Å². The minimum Gasteiger partial charge on any atom is -0.458 e. The summed E-state index contributed by atoms with van der Waals surface area (Å²) < 4.78 is 5.98. The van der Waals surface area contributed by atoms with Gasteiger partial charge in [0.05, 0.1) is 5.56 Å². The standard InChI is InChI=1S/C35H48O2/c1-23(2)24(3)12-13-25(4)30-16-17-31-29-15-14-27-22-28(37-33(36)26-10-8-7-9-11-26)18-20-34(27,5)32(29)19-21-35(30,31)6/h7-15,23-25,28,30-32H,16-22H2,1-6H3/b13-12+/t24-,25+,28-,30+,31-,32+,34+,35+/m0/s1. The summed E-state index contributed by atoms with van der Waals surface area (Å²) in [5, 5.41) is 0. The topological polar surface area (TPSA) is 26.3 Å². The van der Waals surface area contributed by atoms with Crippen LogP contribution in [-0.2, 0) is 4.74 Å². The summed E-state index contributed by atoms with van der Waals surface area (Å²) >= 11 is 0. The first-order valence-corrected chi connectivity index (χ1v) is 15.0. The monoisotopic (exact) mass is 500 g/mol. The minimum absolute atomic E-state index is 0.00688. The molecule has 0 radical (unpaired) electrons. The second-order valence-electron chi connectivity index (χ2n) is 13.6. The third kappa shape index (κ3) is 4.79. The van der Waals surface area contributed by atoms with E-state index >= 15 is 0 Å². The molecule has 3 fully saturated rings. The van der Waals surface area contributed by atoms with Crippen LogP contribution >= 0.6 is 0 Å². The number of fused-ring (bicyclic) bond motifs is 5. The Morgan fingerprint density at radius 2 is 1.68 bits per heavy atom. The van der Waals surface area contributed by atoms with Crippen molar-refractivity contribution in [1.82, 2.24) is 0 Å². The number of rotatable bonds is 6. The second kappa shape index (κ2) is 10.2. The number of carbonyl (C=O) groups excluding carboxylic acids is 1. The summed E-state index contributed by atoms with van der Waals surface area (Å²) in [5.41, 5.74) is 4.54. The van der Waals surface area contributed by atoms with Gasteiger partial charge in [0.2, 0.25) is 0 Å². The first-order chi connectivity index (χ1) is 17.6. The molecule has 0 N–H and O–H groups in total. The molecule has 2 nitrogen and oxygen atoms in total. The van der Waals surface area contributed by atoms with Crippen LogP contribution in [0.2, 0.25) is 0 Å². The van der Waals surface area contributed by atoms with E-state index in [9.17, 15) is 4.79 Å². The number of allylic oxidation sites excluding steroid dienone is 5. The molecule has 3 saturated carbocycles. The van der Waals surface area contributed by atoms with Gasteiger partial charge in [0.25, 0.3) is 0 Å². The molecular weight excluding hydrogens is 452 g/mol. The lowest BCUT2D eigenvalue weighted by atomic mass is 9.50. The van der Waals surface area contributed by atoms with E-state index in [0.29, 0.717) is 34.7 Å². The van der Waals surface area contributed by atoms with Crippen LogP contribution in [-0.4, -0.2) is 12.1 Å². The maximum atomic E-state index is 12.7. The van der Waals surface area contributed by atoms with E-state index in [4.69, 9.17) is 4.74 Å². The maximum Gasteiger partial charge on any atom is 0.338 e. The number of ether oxygens (including phenoxy) is 1. The molecule has 0 spiro atoms. The summed E-state index contributed by atoms with van der Waals surface area (Å²) in [6, 6.07) is 9.43. The van der Waals surface area contributed by atoms with Crippen LogP contribution in [0.25, 0.3) is 0 Å². The van der Waals surface area contributed by atoms with E-state index in [2.05, 4.69) is 65.8 Å². The van der Waals surface area contributed by atoms with Crippen molar-refractivity contribution in [3.05, 3.63) is 71.3 Å². The van der Waals surface area contributed by atoms with Gasteiger partial charge in [0, 0.05) is 6.42 Å². The van der Waals surface area contributed by atoms with Gasteiger partial charge in [-0.15, -0.1) is 0 Å². The van der Waals surface area contributed by atoms with Gasteiger partial charge in [0.15, 0.2) is 0 Å². The fourth-order valence-electron chi connectivity index (χ4n) is 8.47. The van der Waals surface area contributed by atoms with E-state index in [1.807, 2.05) is 30.3 Å². The molecule has 4 aliphatic rings. The Bertz CT molecular complexity index is 1080. The fourth-order valence-corrected chi connectivity index (χ4v) is 8.47. The Labute approximate surface area is 225 Å². The molecule has 1 aromatic carbocycles. The van der Waals surface area contributed by atoms with Crippen molar-refractivity contribution in [1.29, 1.82) is 0 Å². The summed E-state index contributed by atoms with van der Waals surface area (Å²) in [7, 11) is 0. The predicted octanol–water partition coefficient (Wildman–Crippen LogP) is 9.20. The molecule has 0 aromatic heterocycles. The lowest BCUT2D eigenvalue weighted by molar-refractivity contribution is 0.00691. The highest BCUT2D eigenvalue weighted by molar-refractivity contribution is 5.89. The molecule has 2 heteroatoms. The van der Waals surface area contributed by atoms with Gasteiger partial charge in [0.1, 0.15) is 6.10 Å². The van der Waals surface area contributed by atoms with Crippen molar-refractivity contribution in [3.8, 4) is 0 Å². The van der Waals surface area contributed by atoms with Gasteiger partial charge in [-0.25, -0.2) is 4.79 Å². The smallest absolute Gasteiger partial charge is 0.338 e. The van der Waals surface area contributed by atoms with Gasteiger partial charge in [-0.2, -0.15) is 0 Å². The van der Waals surface area contributed by atoms with Crippen molar-refractivity contribution < 1.29 is 9.53 Å². The van der Waals surface area contributed by atoms with Gasteiger partial charge in [-0.3, -0.25) is 0 Å². The molecule has 8 atom stereocenters. The van der Waals surface area contributed by atoms with Crippen LogP contribution in [0.4, 0.5) is 0 Å². The third-order valence-electron chi connectivity index (χ3n) is 11.3. The molecule has 5 rings (SSSR count). The number of esters is 1. The first-order valence-electron chi connectivity index (χ1n) is 15.0. The first kappa shape index (κ1) is 26.5. The SMILES string of the molecule is CC(C)[C@@H](C)/C=C/[C@@H](C)[C@H]1CC[C@H]2C3=CC=C4C[C@@H](OC(=O)c5ccccc5)CC[C@@]4(C)[C@@H]3CC[C@]12C. The van der Waals surface area contributed by atoms with Crippen molar-refractivity contribution >= 4 is 5.97 Å². The van der Waals surface area contributed by atoms with Crippen LogP contribution < -0.4 is 0 Å². The van der Waals surface area contributed by atoms with E-state index in [0.717, 1.165) is 31.1 Å². The highest BCUT2D eigenvalue weighted by Gasteiger charge is 2.57.